The molecule has 1 aliphatic heterocycles. The van der Waals surface area contributed by atoms with Gasteiger partial charge < -0.3 is 4.74 Å². The maximum Gasteiger partial charge on any atom is 0.255 e. The predicted octanol–water partition coefficient (Wildman–Crippen LogP) is 3.81. The lowest BCUT2D eigenvalue weighted by atomic mass is 10.1. The molecule has 3 rings (SSSR count). The van der Waals surface area contributed by atoms with E-state index < -0.39 is 0 Å². The summed E-state index contributed by atoms with van der Waals surface area (Å²) in [7, 11) is 0. The number of aromatic nitrogens is 1. The maximum absolute atomic E-state index is 12.0. The second-order valence-corrected chi connectivity index (χ2v) is 6.84. The van der Waals surface area contributed by atoms with Crippen molar-refractivity contribution in [3.8, 4) is 0 Å². The lowest BCUT2D eigenvalue weighted by molar-refractivity contribution is -0.124. The van der Waals surface area contributed by atoms with E-state index in [9.17, 15) is 4.79 Å². The van der Waals surface area contributed by atoms with E-state index in [-0.39, 0.29) is 12.0 Å². The largest absolute Gasteiger partial charge is 0.368 e. The smallest absolute Gasteiger partial charge is 0.255 e. The Labute approximate surface area is 138 Å². The van der Waals surface area contributed by atoms with Crippen molar-refractivity contribution in [2.45, 2.75) is 32.3 Å². The number of nitrogens with one attached hydrogen (secondary N) is 1. The van der Waals surface area contributed by atoms with E-state index in [0.29, 0.717) is 18.2 Å². The van der Waals surface area contributed by atoms with Crippen LogP contribution in [-0.4, -0.2) is 23.6 Å². The summed E-state index contributed by atoms with van der Waals surface area (Å²) in [6.07, 6.45) is 3.89. The highest BCUT2D eigenvalue weighted by molar-refractivity contribution is 7.15. The Balaban J connectivity index is 1.66. The number of ether oxygens (including phenoxy) is 1. The third kappa shape index (κ3) is 3.48. The molecule has 0 spiro atoms. The molecule has 0 radical (unpaired) electrons. The number of benzene rings is 1. The van der Waals surface area contributed by atoms with Gasteiger partial charge in [-0.3, -0.25) is 10.1 Å². The van der Waals surface area contributed by atoms with Gasteiger partial charge in [-0.25, -0.2) is 4.98 Å². The van der Waals surface area contributed by atoms with Crippen LogP contribution in [-0.2, 0) is 16.0 Å². The van der Waals surface area contributed by atoms with Gasteiger partial charge in [-0.1, -0.05) is 29.8 Å². The second-order valence-electron chi connectivity index (χ2n) is 5.35. The molecule has 0 bridgehead atoms. The Morgan fingerprint density at radius 1 is 1.55 bits per heavy atom. The van der Waals surface area contributed by atoms with Crippen LogP contribution in [0.4, 0.5) is 5.13 Å². The third-order valence-corrected chi connectivity index (χ3v) is 5.10. The molecule has 1 aromatic carbocycles. The van der Waals surface area contributed by atoms with Gasteiger partial charge in [-0.15, -0.1) is 11.3 Å². The van der Waals surface area contributed by atoms with E-state index in [2.05, 4.69) is 10.3 Å². The van der Waals surface area contributed by atoms with E-state index in [4.69, 9.17) is 16.3 Å². The summed E-state index contributed by atoms with van der Waals surface area (Å²) in [4.78, 5) is 17.3. The zero-order valence-electron chi connectivity index (χ0n) is 12.3. The van der Waals surface area contributed by atoms with Gasteiger partial charge in [0.1, 0.15) is 6.10 Å². The third-order valence-electron chi connectivity index (χ3n) is 3.64. The fourth-order valence-corrected chi connectivity index (χ4v) is 3.48. The molecule has 1 aromatic heterocycles. The number of hydrogen-bond donors (Lipinski definition) is 1. The topological polar surface area (TPSA) is 51.2 Å². The van der Waals surface area contributed by atoms with E-state index in [1.165, 1.54) is 11.3 Å². The van der Waals surface area contributed by atoms with Crippen LogP contribution in [0, 0.1) is 6.92 Å². The van der Waals surface area contributed by atoms with Crippen molar-refractivity contribution >= 4 is 34.0 Å². The molecule has 1 unspecified atom stereocenters. The second kappa shape index (κ2) is 6.77. The molecule has 0 aliphatic carbocycles. The molecule has 2 aromatic rings. The number of aryl methyl sites for hydroxylation is 1. The van der Waals surface area contributed by atoms with Gasteiger partial charge >= 0.3 is 0 Å². The molecule has 1 aliphatic rings. The van der Waals surface area contributed by atoms with Gasteiger partial charge in [-0.2, -0.15) is 0 Å². The van der Waals surface area contributed by atoms with Crippen LogP contribution < -0.4 is 5.32 Å². The molecule has 22 heavy (non-hydrogen) atoms. The van der Waals surface area contributed by atoms with Crippen molar-refractivity contribution in [1.82, 2.24) is 4.98 Å². The Hall–Kier alpha value is -1.43. The fourth-order valence-electron chi connectivity index (χ4n) is 2.45. The summed E-state index contributed by atoms with van der Waals surface area (Å²) in [6, 6.07) is 6.00. The van der Waals surface area contributed by atoms with Crippen LogP contribution in [0.1, 0.15) is 28.8 Å². The number of carbonyl (C=O) groups is 1. The number of thiazole rings is 1. The summed E-state index contributed by atoms with van der Waals surface area (Å²) in [6.45, 7) is 2.65. The van der Waals surface area contributed by atoms with Gasteiger partial charge in [0.15, 0.2) is 5.13 Å². The number of anilines is 1. The highest BCUT2D eigenvalue weighted by Crippen LogP contribution is 2.27. The monoisotopic (exact) mass is 336 g/mol. The number of hydrogen-bond acceptors (Lipinski definition) is 4. The quantitative estimate of drug-likeness (QED) is 0.923. The van der Waals surface area contributed by atoms with Crippen molar-refractivity contribution in [2.75, 3.05) is 11.9 Å². The van der Waals surface area contributed by atoms with Crippen LogP contribution in [0.2, 0.25) is 5.02 Å². The minimum atomic E-state index is -0.335. The Morgan fingerprint density at radius 2 is 2.41 bits per heavy atom. The lowest BCUT2D eigenvalue weighted by Crippen LogP contribution is -2.26. The van der Waals surface area contributed by atoms with Gasteiger partial charge in [-0.05, 0) is 30.9 Å². The standard InChI is InChI=1S/C16H17ClN2O2S/c1-10-4-2-5-11(14(10)17)8-12-9-18-16(22-12)19-15(20)13-6-3-7-21-13/h2,4-5,9,13H,3,6-8H2,1H3,(H,18,19,20). The molecule has 1 N–H and O–H groups in total. The normalized spacial score (nSPS) is 17.6. The van der Waals surface area contributed by atoms with Crippen LogP contribution in [0.15, 0.2) is 24.4 Å². The van der Waals surface area contributed by atoms with Crippen molar-refractivity contribution in [1.29, 1.82) is 0 Å². The van der Waals surface area contributed by atoms with Crippen molar-refractivity contribution in [2.24, 2.45) is 0 Å². The van der Waals surface area contributed by atoms with Crippen LogP contribution >= 0.6 is 22.9 Å². The summed E-state index contributed by atoms with van der Waals surface area (Å²) < 4.78 is 5.37. The van der Waals surface area contributed by atoms with E-state index >= 15 is 0 Å². The Bertz CT molecular complexity index is 681. The Kier molecular flexibility index (Phi) is 4.76. The average Bonchev–Trinajstić information content (AvgIpc) is 3.15. The van der Waals surface area contributed by atoms with Gasteiger partial charge in [0, 0.05) is 29.1 Å². The van der Waals surface area contributed by atoms with Crippen molar-refractivity contribution in [3.05, 3.63) is 45.4 Å². The SMILES string of the molecule is Cc1cccc(Cc2cnc(NC(=O)C3CCCO3)s2)c1Cl. The number of carbonyl (C=O) groups excluding carboxylic acids is 1. The highest BCUT2D eigenvalue weighted by Gasteiger charge is 2.24. The molecule has 1 atom stereocenters. The van der Waals surface area contributed by atoms with Gasteiger partial charge in [0.05, 0.1) is 0 Å². The molecule has 2 heterocycles. The first-order chi connectivity index (χ1) is 10.6. The molecule has 1 saturated heterocycles. The summed E-state index contributed by atoms with van der Waals surface area (Å²) >= 11 is 7.79. The number of halogens is 1. The molecular weight excluding hydrogens is 320 g/mol. The molecular formula is C16H17ClN2O2S. The predicted molar refractivity (Wildman–Crippen MR) is 88.7 cm³/mol. The first-order valence-corrected chi connectivity index (χ1v) is 8.44. The molecule has 1 fully saturated rings. The summed E-state index contributed by atoms with van der Waals surface area (Å²) in [5.74, 6) is -0.105. The minimum Gasteiger partial charge on any atom is -0.368 e. The first-order valence-electron chi connectivity index (χ1n) is 7.24. The van der Waals surface area contributed by atoms with E-state index in [1.807, 2.05) is 25.1 Å². The van der Waals surface area contributed by atoms with Crippen molar-refractivity contribution < 1.29 is 9.53 Å². The molecule has 4 nitrogen and oxygen atoms in total. The number of nitrogens with zero attached hydrogens (tertiary/aromatic N) is 1. The van der Waals surface area contributed by atoms with Crippen LogP contribution in [0.5, 0.6) is 0 Å². The van der Waals surface area contributed by atoms with Gasteiger partial charge in [0.25, 0.3) is 5.91 Å². The molecule has 1 amide bonds. The Morgan fingerprint density at radius 3 is 3.18 bits per heavy atom. The minimum absolute atomic E-state index is 0.105. The average molecular weight is 337 g/mol. The van der Waals surface area contributed by atoms with E-state index in [0.717, 1.165) is 33.9 Å². The van der Waals surface area contributed by atoms with Crippen molar-refractivity contribution in [3.63, 3.8) is 0 Å². The molecule has 6 heteroatoms. The maximum atomic E-state index is 12.0. The molecule has 0 saturated carbocycles. The lowest BCUT2D eigenvalue weighted by Gasteiger charge is -2.07. The number of amides is 1. The highest BCUT2D eigenvalue weighted by atomic mass is 35.5. The van der Waals surface area contributed by atoms with Crippen LogP contribution in [0.3, 0.4) is 0 Å². The number of rotatable bonds is 4. The first kappa shape index (κ1) is 15.5. The zero-order valence-corrected chi connectivity index (χ0v) is 13.8. The summed E-state index contributed by atoms with van der Waals surface area (Å²) in [5.41, 5.74) is 2.14. The fraction of sp³-hybridized carbons (Fsp3) is 0.375. The molecule has 116 valence electrons. The zero-order chi connectivity index (χ0) is 15.5. The van der Waals surface area contributed by atoms with E-state index in [1.54, 1.807) is 6.20 Å². The van der Waals surface area contributed by atoms with Crippen LogP contribution in [0.25, 0.3) is 0 Å². The van der Waals surface area contributed by atoms with Gasteiger partial charge in [0.2, 0.25) is 0 Å². The summed E-state index contributed by atoms with van der Waals surface area (Å²) in [5, 5.41) is 4.23.